The second-order valence-electron chi connectivity index (χ2n) is 4.15. The highest BCUT2D eigenvalue weighted by Gasteiger charge is 2.38. The van der Waals surface area contributed by atoms with Gasteiger partial charge in [0.25, 0.3) is 5.91 Å². The standard InChI is InChI=1S/C12H9ClN4O3/c1-20-12-15-11-14-9(18)8(10(19)17(11)16-12)6-3-2-4-7(13)5-6/h2-5,8H,1H3,(H,14,15,16,18). The molecule has 3 rings (SSSR count). The predicted octanol–water partition coefficient (Wildman–Crippen LogP) is 1.32. The number of methoxy groups -OCH3 is 1. The van der Waals surface area contributed by atoms with Crippen LogP contribution < -0.4 is 10.1 Å². The topological polar surface area (TPSA) is 86.1 Å². The maximum atomic E-state index is 12.4. The van der Waals surface area contributed by atoms with Crippen molar-refractivity contribution < 1.29 is 14.3 Å². The molecule has 2 heterocycles. The van der Waals surface area contributed by atoms with E-state index in [1.807, 2.05) is 0 Å². The molecular weight excluding hydrogens is 284 g/mol. The van der Waals surface area contributed by atoms with Gasteiger partial charge in [0, 0.05) is 5.02 Å². The number of carbonyl (C=O) groups excluding carboxylic acids is 2. The minimum atomic E-state index is -1.01. The first-order valence-electron chi connectivity index (χ1n) is 5.72. The van der Waals surface area contributed by atoms with Crippen LogP contribution in [0.5, 0.6) is 6.01 Å². The van der Waals surface area contributed by atoms with Crippen molar-refractivity contribution in [1.82, 2.24) is 14.8 Å². The average Bonchev–Trinajstić information content (AvgIpc) is 2.82. The van der Waals surface area contributed by atoms with Crippen LogP contribution in [-0.4, -0.2) is 33.7 Å². The number of benzene rings is 1. The molecule has 1 unspecified atom stereocenters. The Labute approximate surface area is 118 Å². The highest BCUT2D eigenvalue weighted by atomic mass is 35.5. The minimum absolute atomic E-state index is 0.0143. The van der Waals surface area contributed by atoms with Crippen LogP contribution in [0.4, 0.5) is 5.95 Å². The van der Waals surface area contributed by atoms with E-state index < -0.39 is 17.7 Å². The average molecular weight is 293 g/mol. The lowest BCUT2D eigenvalue weighted by Crippen LogP contribution is -2.38. The van der Waals surface area contributed by atoms with E-state index in [0.29, 0.717) is 10.6 Å². The lowest BCUT2D eigenvalue weighted by Gasteiger charge is -2.20. The number of aromatic nitrogens is 3. The summed E-state index contributed by atoms with van der Waals surface area (Å²) in [6.07, 6.45) is 0. The first kappa shape index (κ1) is 12.6. The molecule has 0 saturated carbocycles. The van der Waals surface area contributed by atoms with Crippen LogP contribution in [0.15, 0.2) is 24.3 Å². The Kier molecular flexibility index (Phi) is 2.90. The van der Waals surface area contributed by atoms with Gasteiger partial charge in [-0.2, -0.15) is 9.67 Å². The van der Waals surface area contributed by atoms with E-state index in [4.69, 9.17) is 16.3 Å². The summed E-state index contributed by atoms with van der Waals surface area (Å²) >= 11 is 5.89. The van der Waals surface area contributed by atoms with E-state index in [1.165, 1.54) is 7.11 Å². The van der Waals surface area contributed by atoms with Crippen LogP contribution in [0.25, 0.3) is 0 Å². The third-order valence-corrected chi connectivity index (χ3v) is 3.14. The third-order valence-electron chi connectivity index (χ3n) is 2.91. The predicted molar refractivity (Wildman–Crippen MR) is 70.0 cm³/mol. The van der Waals surface area contributed by atoms with Crippen molar-refractivity contribution in [2.75, 3.05) is 12.4 Å². The molecule has 20 heavy (non-hydrogen) atoms. The Balaban J connectivity index is 2.06. The quantitative estimate of drug-likeness (QED) is 0.844. The van der Waals surface area contributed by atoms with Crippen LogP contribution >= 0.6 is 11.6 Å². The minimum Gasteiger partial charge on any atom is -0.466 e. The van der Waals surface area contributed by atoms with Gasteiger partial charge in [0.1, 0.15) is 5.92 Å². The molecule has 0 saturated heterocycles. The molecule has 1 aromatic carbocycles. The second-order valence-corrected chi connectivity index (χ2v) is 4.59. The van der Waals surface area contributed by atoms with Gasteiger partial charge < -0.3 is 4.74 Å². The van der Waals surface area contributed by atoms with Crippen LogP contribution in [0, 0.1) is 0 Å². The Hall–Kier alpha value is -2.41. The molecule has 1 aliphatic heterocycles. The fourth-order valence-corrected chi connectivity index (χ4v) is 2.21. The number of ether oxygens (including phenoxy) is 1. The largest absolute Gasteiger partial charge is 0.466 e. The van der Waals surface area contributed by atoms with E-state index >= 15 is 0 Å². The number of amides is 1. The van der Waals surface area contributed by atoms with Crippen molar-refractivity contribution in [3.8, 4) is 6.01 Å². The fourth-order valence-electron chi connectivity index (χ4n) is 2.01. The van der Waals surface area contributed by atoms with Gasteiger partial charge in [-0.05, 0) is 17.7 Å². The van der Waals surface area contributed by atoms with Crippen LogP contribution in [0.1, 0.15) is 16.3 Å². The zero-order valence-corrected chi connectivity index (χ0v) is 11.1. The summed E-state index contributed by atoms with van der Waals surface area (Å²) in [6.45, 7) is 0. The molecule has 0 fully saturated rings. The van der Waals surface area contributed by atoms with E-state index in [1.54, 1.807) is 24.3 Å². The summed E-state index contributed by atoms with van der Waals surface area (Å²) in [7, 11) is 1.38. The van der Waals surface area contributed by atoms with Gasteiger partial charge in [-0.15, -0.1) is 5.10 Å². The van der Waals surface area contributed by atoms with Crippen molar-refractivity contribution in [3.63, 3.8) is 0 Å². The van der Waals surface area contributed by atoms with Crippen molar-refractivity contribution in [2.24, 2.45) is 0 Å². The van der Waals surface area contributed by atoms with Crippen LogP contribution in [0.2, 0.25) is 5.02 Å². The first-order chi connectivity index (χ1) is 9.60. The van der Waals surface area contributed by atoms with Gasteiger partial charge in [-0.25, -0.2) is 0 Å². The highest BCUT2D eigenvalue weighted by Crippen LogP contribution is 2.28. The fraction of sp³-hybridized carbons (Fsp3) is 0.167. The molecule has 0 aliphatic carbocycles. The molecule has 1 N–H and O–H groups in total. The molecule has 1 aliphatic rings. The Morgan fingerprint density at radius 3 is 2.90 bits per heavy atom. The molecule has 8 heteroatoms. The van der Waals surface area contributed by atoms with Crippen LogP contribution in [-0.2, 0) is 4.79 Å². The number of nitrogens with one attached hydrogen (secondary N) is 1. The van der Waals surface area contributed by atoms with Gasteiger partial charge in [0.2, 0.25) is 11.9 Å². The van der Waals surface area contributed by atoms with E-state index in [2.05, 4.69) is 15.4 Å². The first-order valence-corrected chi connectivity index (χ1v) is 6.09. The second kappa shape index (κ2) is 4.61. The monoisotopic (exact) mass is 292 g/mol. The number of carbonyl (C=O) groups is 2. The molecule has 7 nitrogen and oxygen atoms in total. The van der Waals surface area contributed by atoms with Gasteiger partial charge in [-0.1, -0.05) is 23.7 Å². The number of anilines is 1. The maximum Gasteiger partial charge on any atom is 0.337 e. The lowest BCUT2D eigenvalue weighted by atomic mass is 9.96. The smallest absolute Gasteiger partial charge is 0.337 e. The normalized spacial score (nSPS) is 17.6. The van der Waals surface area contributed by atoms with E-state index in [0.717, 1.165) is 4.68 Å². The SMILES string of the molecule is COc1nc2n(n1)C(=O)C(c1cccc(Cl)c1)C(=O)N2. The van der Waals surface area contributed by atoms with Crippen molar-refractivity contribution in [1.29, 1.82) is 0 Å². The van der Waals surface area contributed by atoms with Gasteiger partial charge in [0.15, 0.2) is 0 Å². The molecular formula is C12H9ClN4O3. The Morgan fingerprint density at radius 2 is 2.20 bits per heavy atom. The molecule has 1 aromatic heterocycles. The number of nitrogens with zero attached hydrogens (tertiary/aromatic N) is 3. The molecule has 1 amide bonds. The number of hydrogen-bond donors (Lipinski definition) is 1. The summed E-state index contributed by atoms with van der Waals surface area (Å²) in [5.41, 5.74) is 0.500. The van der Waals surface area contributed by atoms with Gasteiger partial charge in [-0.3, -0.25) is 14.9 Å². The summed E-state index contributed by atoms with van der Waals surface area (Å²) in [5.74, 6) is -1.93. The number of fused-ring (bicyclic) bond motifs is 1. The summed E-state index contributed by atoms with van der Waals surface area (Å²) in [4.78, 5) is 28.3. The summed E-state index contributed by atoms with van der Waals surface area (Å²) in [6, 6.07) is 6.59. The molecule has 1 atom stereocenters. The summed E-state index contributed by atoms with van der Waals surface area (Å²) in [5, 5.41) is 6.84. The van der Waals surface area contributed by atoms with Crippen molar-refractivity contribution >= 4 is 29.4 Å². The highest BCUT2D eigenvalue weighted by molar-refractivity contribution is 6.30. The van der Waals surface area contributed by atoms with E-state index in [-0.39, 0.29) is 12.0 Å². The molecule has 0 bridgehead atoms. The molecule has 0 radical (unpaired) electrons. The van der Waals surface area contributed by atoms with Crippen LogP contribution in [0.3, 0.4) is 0 Å². The lowest BCUT2D eigenvalue weighted by molar-refractivity contribution is -0.117. The zero-order valence-electron chi connectivity index (χ0n) is 10.3. The molecule has 102 valence electrons. The summed E-state index contributed by atoms with van der Waals surface area (Å²) < 4.78 is 5.86. The maximum absolute atomic E-state index is 12.4. The number of hydrogen-bond acceptors (Lipinski definition) is 5. The number of halogens is 1. The third kappa shape index (κ3) is 1.92. The van der Waals surface area contributed by atoms with E-state index in [9.17, 15) is 9.59 Å². The van der Waals surface area contributed by atoms with Gasteiger partial charge >= 0.3 is 6.01 Å². The van der Waals surface area contributed by atoms with Crippen molar-refractivity contribution in [2.45, 2.75) is 5.92 Å². The Morgan fingerprint density at radius 1 is 1.40 bits per heavy atom. The number of rotatable bonds is 2. The zero-order chi connectivity index (χ0) is 14.3. The Bertz CT molecular complexity index is 712. The van der Waals surface area contributed by atoms with Crippen molar-refractivity contribution in [3.05, 3.63) is 34.9 Å². The molecule has 2 aromatic rings. The van der Waals surface area contributed by atoms with Gasteiger partial charge in [0.05, 0.1) is 7.11 Å². The molecule has 0 spiro atoms.